The van der Waals surface area contributed by atoms with Crippen molar-refractivity contribution in [2.24, 2.45) is 5.11 Å². The molecule has 0 aliphatic heterocycles. The Morgan fingerprint density at radius 1 is 1.60 bits per heavy atom. The van der Waals surface area contributed by atoms with Crippen molar-refractivity contribution in [3.63, 3.8) is 0 Å². The standard InChI is InChI=1S/C11H9N3O/c1-9-4-5-11(8-15)10(7-9)3-2-6-13-14-12/h4-5,7-8H,6H2,1H3. The van der Waals surface area contributed by atoms with Crippen molar-refractivity contribution in [2.45, 2.75) is 6.92 Å². The summed E-state index contributed by atoms with van der Waals surface area (Å²) in [6, 6.07) is 5.40. The Labute approximate surface area is 87.6 Å². The third kappa shape index (κ3) is 3.18. The summed E-state index contributed by atoms with van der Waals surface area (Å²) < 4.78 is 0. The molecule has 4 nitrogen and oxygen atoms in total. The fraction of sp³-hybridized carbons (Fsp3) is 0.182. The molecule has 1 rings (SSSR count). The highest BCUT2D eigenvalue weighted by atomic mass is 16.1. The zero-order valence-electron chi connectivity index (χ0n) is 8.27. The van der Waals surface area contributed by atoms with Crippen LogP contribution in [0.25, 0.3) is 10.4 Å². The number of carbonyl (C=O) groups is 1. The summed E-state index contributed by atoms with van der Waals surface area (Å²) in [7, 11) is 0. The van der Waals surface area contributed by atoms with Crippen molar-refractivity contribution in [1.82, 2.24) is 0 Å². The van der Waals surface area contributed by atoms with Gasteiger partial charge in [0.15, 0.2) is 6.29 Å². The van der Waals surface area contributed by atoms with Gasteiger partial charge in [0, 0.05) is 16.0 Å². The lowest BCUT2D eigenvalue weighted by molar-refractivity contribution is 0.112. The van der Waals surface area contributed by atoms with Crippen LogP contribution in [0.3, 0.4) is 0 Å². The van der Waals surface area contributed by atoms with E-state index in [-0.39, 0.29) is 6.54 Å². The van der Waals surface area contributed by atoms with Gasteiger partial charge < -0.3 is 0 Å². The van der Waals surface area contributed by atoms with Crippen molar-refractivity contribution in [1.29, 1.82) is 0 Å². The van der Waals surface area contributed by atoms with Crippen molar-refractivity contribution in [3.8, 4) is 11.8 Å². The predicted molar refractivity (Wildman–Crippen MR) is 57.5 cm³/mol. The van der Waals surface area contributed by atoms with Crippen LogP contribution in [-0.4, -0.2) is 12.8 Å². The molecule has 15 heavy (non-hydrogen) atoms. The first-order chi connectivity index (χ1) is 7.27. The minimum atomic E-state index is 0.114. The average Bonchev–Trinajstić information content (AvgIpc) is 2.25. The van der Waals surface area contributed by atoms with E-state index in [1.807, 2.05) is 19.1 Å². The van der Waals surface area contributed by atoms with E-state index in [2.05, 4.69) is 21.9 Å². The zero-order chi connectivity index (χ0) is 11.1. The third-order valence-electron chi connectivity index (χ3n) is 1.77. The summed E-state index contributed by atoms with van der Waals surface area (Å²) >= 11 is 0. The molecule has 0 aromatic heterocycles. The summed E-state index contributed by atoms with van der Waals surface area (Å²) in [6.07, 6.45) is 0.761. The summed E-state index contributed by atoms with van der Waals surface area (Å²) in [5, 5.41) is 3.28. The van der Waals surface area contributed by atoms with Gasteiger partial charge in [0.2, 0.25) is 0 Å². The van der Waals surface area contributed by atoms with Gasteiger partial charge >= 0.3 is 0 Å². The van der Waals surface area contributed by atoms with Crippen LogP contribution < -0.4 is 0 Å². The van der Waals surface area contributed by atoms with Gasteiger partial charge in [-0.1, -0.05) is 29.1 Å². The van der Waals surface area contributed by atoms with Crippen molar-refractivity contribution >= 4 is 6.29 Å². The number of aryl methyl sites for hydroxylation is 1. The first-order valence-electron chi connectivity index (χ1n) is 4.33. The molecule has 0 N–H and O–H groups in total. The molecule has 0 unspecified atom stereocenters. The summed E-state index contributed by atoms with van der Waals surface area (Å²) in [6.45, 7) is 2.04. The van der Waals surface area contributed by atoms with Gasteiger partial charge in [0.1, 0.15) is 0 Å². The number of azide groups is 1. The topological polar surface area (TPSA) is 65.8 Å². The van der Waals surface area contributed by atoms with Crippen LogP contribution in [0.15, 0.2) is 23.3 Å². The molecule has 0 bridgehead atoms. The van der Waals surface area contributed by atoms with Crippen LogP contribution in [0.1, 0.15) is 21.5 Å². The third-order valence-corrected chi connectivity index (χ3v) is 1.77. The van der Waals surface area contributed by atoms with Gasteiger partial charge in [-0.05, 0) is 24.1 Å². The monoisotopic (exact) mass is 199 g/mol. The maximum Gasteiger partial charge on any atom is 0.151 e. The number of hydrogen-bond donors (Lipinski definition) is 0. The molecule has 0 heterocycles. The van der Waals surface area contributed by atoms with Gasteiger partial charge in [-0.3, -0.25) is 4.79 Å². The maximum absolute atomic E-state index is 10.7. The van der Waals surface area contributed by atoms with Gasteiger partial charge in [-0.2, -0.15) is 0 Å². The normalized spacial score (nSPS) is 8.33. The SMILES string of the molecule is Cc1ccc(C=O)c(C#CCN=[N+]=[N-])c1. The van der Waals surface area contributed by atoms with E-state index in [0.717, 1.165) is 11.8 Å². The number of nitrogens with zero attached hydrogens (tertiary/aromatic N) is 3. The second kappa shape index (κ2) is 5.48. The lowest BCUT2D eigenvalue weighted by Crippen LogP contribution is -1.88. The first-order valence-corrected chi connectivity index (χ1v) is 4.33. The molecule has 0 saturated carbocycles. The molecule has 0 spiro atoms. The van der Waals surface area contributed by atoms with Crippen molar-refractivity contribution in [3.05, 3.63) is 45.3 Å². The number of carbonyl (C=O) groups excluding carboxylic acids is 1. The van der Waals surface area contributed by atoms with E-state index >= 15 is 0 Å². The van der Waals surface area contributed by atoms with E-state index in [9.17, 15) is 4.79 Å². The average molecular weight is 199 g/mol. The van der Waals surface area contributed by atoms with Crippen LogP contribution in [0, 0.1) is 18.8 Å². The molecule has 0 aliphatic carbocycles. The Bertz CT molecular complexity index is 476. The Hall–Kier alpha value is -2.24. The van der Waals surface area contributed by atoms with Crippen LogP contribution in [0.5, 0.6) is 0 Å². The Morgan fingerprint density at radius 2 is 2.40 bits per heavy atom. The van der Waals surface area contributed by atoms with E-state index in [4.69, 9.17) is 5.53 Å². The lowest BCUT2D eigenvalue weighted by atomic mass is 10.1. The zero-order valence-corrected chi connectivity index (χ0v) is 8.27. The Morgan fingerprint density at radius 3 is 3.07 bits per heavy atom. The largest absolute Gasteiger partial charge is 0.298 e. The van der Waals surface area contributed by atoms with Gasteiger partial charge in [0.05, 0.1) is 6.54 Å². The highest BCUT2D eigenvalue weighted by Crippen LogP contribution is 2.08. The summed E-state index contributed by atoms with van der Waals surface area (Å²) in [5.41, 5.74) is 10.3. The number of aldehydes is 1. The molecule has 0 saturated heterocycles. The number of benzene rings is 1. The molecule has 0 aliphatic rings. The highest BCUT2D eigenvalue weighted by molar-refractivity contribution is 5.79. The molecular formula is C11H9N3O. The predicted octanol–water partition coefficient (Wildman–Crippen LogP) is 2.47. The van der Waals surface area contributed by atoms with Crippen LogP contribution >= 0.6 is 0 Å². The summed E-state index contributed by atoms with van der Waals surface area (Å²) in [4.78, 5) is 13.3. The molecule has 1 aromatic rings. The smallest absolute Gasteiger partial charge is 0.151 e. The van der Waals surface area contributed by atoms with Gasteiger partial charge in [-0.25, -0.2) is 0 Å². The molecular weight excluding hydrogens is 190 g/mol. The number of hydrogen-bond acceptors (Lipinski definition) is 2. The van der Waals surface area contributed by atoms with Crippen molar-refractivity contribution < 1.29 is 4.79 Å². The van der Waals surface area contributed by atoms with Crippen molar-refractivity contribution in [2.75, 3.05) is 6.54 Å². The van der Waals surface area contributed by atoms with Crippen LogP contribution in [0.2, 0.25) is 0 Å². The maximum atomic E-state index is 10.7. The Kier molecular flexibility index (Phi) is 3.96. The molecule has 0 radical (unpaired) electrons. The molecule has 4 heteroatoms. The molecule has 74 valence electrons. The number of rotatable bonds is 2. The van der Waals surface area contributed by atoms with E-state index < -0.39 is 0 Å². The molecule has 0 fully saturated rings. The second-order valence-corrected chi connectivity index (χ2v) is 2.90. The fourth-order valence-corrected chi connectivity index (χ4v) is 1.08. The first kappa shape index (κ1) is 10.8. The van der Waals surface area contributed by atoms with E-state index in [1.54, 1.807) is 6.07 Å². The summed E-state index contributed by atoms with van der Waals surface area (Å²) in [5.74, 6) is 5.47. The van der Waals surface area contributed by atoms with Crippen LogP contribution in [-0.2, 0) is 0 Å². The van der Waals surface area contributed by atoms with Gasteiger partial charge in [0.25, 0.3) is 0 Å². The lowest BCUT2D eigenvalue weighted by Gasteiger charge is -1.97. The Balaban J connectivity index is 2.99. The molecule has 0 amide bonds. The molecule has 1 aromatic carbocycles. The fourth-order valence-electron chi connectivity index (χ4n) is 1.08. The van der Waals surface area contributed by atoms with E-state index in [1.165, 1.54) is 0 Å². The van der Waals surface area contributed by atoms with Gasteiger partial charge in [-0.15, -0.1) is 0 Å². The molecule has 0 atom stereocenters. The highest BCUT2D eigenvalue weighted by Gasteiger charge is 1.97. The van der Waals surface area contributed by atoms with E-state index in [0.29, 0.717) is 11.1 Å². The van der Waals surface area contributed by atoms with Crippen LogP contribution in [0.4, 0.5) is 0 Å². The minimum absolute atomic E-state index is 0.114. The quantitative estimate of drug-likeness (QED) is 0.237. The second-order valence-electron chi connectivity index (χ2n) is 2.90. The minimum Gasteiger partial charge on any atom is -0.298 e.